The van der Waals surface area contributed by atoms with E-state index in [9.17, 15) is 4.39 Å². The lowest BCUT2D eigenvalue weighted by atomic mass is 10.0. The predicted octanol–water partition coefficient (Wildman–Crippen LogP) is 3.83. The van der Waals surface area contributed by atoms with E-state index in [0.717, 1.165) is 12.2 Å². The number of likely N-dealkylation sites (N-methyl/N-ethyl adjacent to an activating group) is 1. The minimum Gasteiger partial charge on any atom is -0.309 e. The molecule has 0 spiro atoms. The van der Waals surface area contributed by atoms with Crippen LogP contribution in [0.1, 0.15) is 24.2 Å². The topological polar surface area (TPSA) is 24.9 Å². The molecule has 1 heterocycles. The number of rotatable bonds is 5. The maximum absolute atomic E-state index is 13.7. The molecule has 0 aliphatic carbocycles. The number of thiazole rings is 1. The lowest BCUT2D eigenvalue weighted by Crippen LogP contribution is -2.23. The van der Waals surface area contributed by atoms with Crippen molar-refractivity contribution in [2.24, 2.45) is 0 Å². The number of halogens is 2. The number of hydrogen-bond acceptors (Lipinski definition) is 3. The van der Waals surface area contributed by atoms with Crippen LogP contribution in [0.4, 0.5) is 4.39 Å². The first kappa shape index (κ1) is 13.5. The maximum atomic E-state index is 13.7. The summed E-state index contributed by atoms with van der Waals surface area (Å²) in [6.07, 6.45) is 0.546. The fourth-order valence-electron chi connectivity index (χ4n) is 1.84. The summed E-state index contributed by atoms with van der Waals surface area (Å²) < 4.78 is 13.7. The van der Waals surface area contributed by atoms with Crippen LogP contribution in [0.5, 0.6) is 0 Å². The first-order chi connectivity index (χ1) is 8.70. The SMILES string of the molecule is CCNC(Cc1cc(Cl)ccc1F)c1cscn1. The molecule has 2 nitrogen and oxygen atoms in total. The van der Waals surface area contributed by atoms with E-state index in [0.29, 0.717) is 17.0 Å². The molecule has 0 saturated carbocycles. The Morgan fingerprint density at radius 1 is 1.50 bits per heavy atom. The lowest BCUT2D eigenvalue weighted by molar-refractivity contribution is 0.520. The van der Waals surface area contributed by atoms with Crippen LogP contribution in [0.3, 0.4) is 0 Å². The molecule has 0 amide bonds. The Morgan fingerprint density at radius 3 is 3.00 bits per heavy atom. The summed E-state index contributed by atoms with van der Waals surface area (Å²) in [5.41, 5.74) is 3.34. The lowest BCUT2D eigenvalue weighted by Gasteiger charge is -2.16. The molecule has 5 heteroatoms. The van der Waals surface area contributed by atoms with Crippen molar-refractivity contribution in [1.29, 1.82) is 0 Å². The van der Waals surface area contributed by atoms with Crippen molar-refractivity contribution in [3.8, 4) is 0 Å². The average Bonchev–Trinajstić information content (AvgIpc) is 2.87. The third-order valence-electron chi connectivity index (χ3n) is 2.69. The molecule has 1 unspecified atom stereocenters. The summed E-state index contributed by atoms with van der Waals surface area (Å²) in [7, 11) is 0. The standard InChI is InChI=1S/C13H14ClFN2S/c1-2-16-12(13-7-18-8-17-13)6-9-5-10(14)3-4-11(9)15/h3-5,7-8,12,16H,2,6H2,1H3. The number of hydrogen-bond donors (Lipinski definition) is 1. The van der Waals surface area contributed by atoms with Crippen LogP contribution in [0.25, 0.3) is 0 Å². The average molecular weight is 285 g/mol. The van der Waals surface area contributed by atoms with Crippen molar-refractivity contribution in [1.82, 2.24) is 10.3 Å². The molecule has 0 saturated heterocycles. The van der Waals surface area contributed by atoms with E-state index < -0.39 is 0 Å². The highest BCUT2D eigenvalue weighted by Gasteiger charge is 2.15. The van der Waals surface area contributed by atoms with Crippen molar-refractivity contribution < 1.29 is 4.39 Å². The third-order valence-corrected chi connectivity index (χ3v) is 3.53. The molecular weight excluding hydrogens is 271 g/mol. The zero-order valence-electron chi connectivity index (χ0n) is 9.99. The summed E-state index contributed by atoms with van der Waals surface area (Å²) in [4.78, 5) is 4.28. The maximum Gasteiger partial charge on any atom is 0.126 e. The Balaban J connectivity index is 2.21. The molecule has 18 heavy (non-hydrogen) atoms. The first-order valence-electron chi connectivity index (χ1n) is 5.76. The van der Waals surface area contributed by atoms with Gasteiger partial charge < -0.3 is 5.32 Å². The van der Waals surface area contributed by atoms with Crippen LogP contribution in [-0.4, -0.2) is 11.5 Å². The molecule has 96 valence electrons. The first-order valence-corrected chi connectivity index (χ1v) is 7.08. The van der Waals surface area contributed by atoms with Crippen LogP contribution < -0.4 is 5.32 Å². The zero-order valence-corrected chi connectivity index (χ0v) is 11.6. The van der Waals surface area contributed by atoms with Gasteiger partial charge in [0.05, 0.1) is 17.2 Å². The van der Waals surface area contributed by atoms with Gasteiger partial charge in [-0.25, -0.2) is 9.37 Å². The second-order valence-corrected chi connectivity index (χ2v) is 5.12. The Labute approximate surface area is 115 Å². The highest BCUT2D eigenvalue weighted by Crippen LogP contribution is 2.22. The van der Waals surface area contributed by atoms with Gasteiger partial charge in [-0.15, -0.1) is 11.3 Å². The summed E-state index contributed by atoms with van der Waals surface area (Å²) in [5.74, 6) is -0.225. The molecule has 1 aromatic heterocycles. The molecule has 0 aliphatic heterocycles. The smallest absolute Gasteiger partial charge is 0.126 e. The second-order valence-electron chi connectivity index (χ2n) is 3.96. The molecule has 0 radical (unpaired) electrons. The largest absolute Gasteiger partial charge is 0.309 e. The van der Waals surface area contributed by atoms with Gasteiger partial charge in [0.1, 0.15) is 5.82 Å². The van der Waals surface area contributed by atoms with Gasteiger partial charge in [0.25, 0.3) is 0 Å². The van der Waals surface area contributed by atoms with Gasteiger partial charge >= 0.3 is 0 Å². The third kappa shape index (κ3) is 3.28. The van der Waals surface area contributed by atoms with Gasteiger partial charge in [-0.2, -0.15) is 0 Å². The number of nitrogens with one attached hydrogen (secondary N) is 1. The van der Waals surface area contributed by atoms with Crippen molar-refractivity contribution >= 4 is 22.9 Å². The highest BCUT2D eigenvalue weighted by atomic mass is 35.5. The predicted molar refractivity (Wildman–Crippen MR) is 73.6 cm³/mol. The molecule has 1 aromatic carbocycles. The van der Waals surface area contributed by atoms with Gasteiger partial charge in [0, 0.05) is 10.4 Å². The van der Waals surface area contributed by atoms with E-state index in [-0.39, 0.29) is 11.9 Å². The quantitative estimate of drug-likeness (QED) is 0.903. The van der Waals surface area contributed by atoms with E-state index >= 15 is 0 Å². The van der Waals surface area contributed by atoms with E-state index in [1.54, 1.807) is 29.0 Å². The molecule has 2 aromatic rings. The molecule has 1 N–H and O–H groups in total. The number of benzene rings is 1. The normalized spacial score (nSPS) is 12.6. The Morgan fingerprint density at radius 2 is 2.33 bits per heavy atom. The van der Waals surface area contributed by atoms with Gasteiger partial charge in [-0.3, -0.25) is 0 Å². The van der Waals surface area contributed by atoms with Crippen molar-refractivity contribution in [2.45, 2.75) is 19.4 Å². The van der Waals surface area contributed by atoms with Crippen LogP contribution in [-0.2, 0) is 6.42 Å². The van der Waals surface area contributed by atoms with Crippen molar-refractivity contribution in [3.63, 3.8) is 0 Å². The van der Waals surface area contributed by atoms with Crippen molar-refractivity contribution in [3.05, 3.63) is 51.2 Å². The second kappa shape index (κ2) is 6.27. The molecule has 2 rings (SSSR count). The van der Waals surface area contributed by atoms with Crippen LogP contribution in [0, 0.1) is 5.82 Å². The minimum absolute atomic E-state index is 0.0224. The van der Waals surface area contributed by atoms with Crippen LogP contribution in [0.2, 0.25) is 5.02 Å². The molecule has 0 aliphatic rings. The molecule has 0 bridgehead atoms. The Kier molecular flexibility index (Phi) is 4.69. The van der Waals surface area contributed by atoms with E-state index in [1.807, 2.05) is 12.3 Å². The van der Waals surface area contributed by atoms with Crippen LogP contribution in [0.15, 0.2) is 29.1 Å². The molecule has 1 atom stereocenters. The fraction of sp³-hybridized carbons (Fsp3) is 0.308. The summed E-state index contributed by atoms with van der Waals surface area (Å²) >= 11 is 7.44. The van der Waals surface area contributed by atoms with E-state index in [4.69, 9.17) is 11.6 Å². The molecule has 0 fully saturated rings. The number of aromatic nitrogens is 1. The summed E-state index contributed by atoms with van der Waals surface area (Å²) in [6.45, 7) is 2.83. The molecular formula is C13H14ClFN2S. The highest BCUT2D eigenvalue weighted by molar-refractivity contribution is 7.07. The Bertz CT molecular complexity index is 502. The van der Waals surface area contributed by atoms with Gasteiger partial charge in [0.15, 0.2) is 0 Å². The van der Waals surface area contributed by atoms with Gasteiger partial charge in [-0.1, -0.05) is 18.5 Å². The van der Waals surface area contributed by atoms with E-state index in [1.165, 1.54) is 6.07 Å². The summed E-state index contributed by atoms with van der Waals surface area (Å²) in [6, 6.07) is 4.66. The fourth-order valence-corrected chi connectivity index (χ4v) is 2.64. The summed E-state index contributed by atoms with van der Waals surface area (Å²) in [5, 5.41) is 5.85. The minimum atomic E-state index is -0.225. The van der Waals surface area contributed by atoms with Gasteiger partial charge in [0.2, 0.25) is 0 Å². The van der Waals surface area contributed by atoms with Gasteiger partial charge in [-0.05, 0) is 36.7 Å². The number of nitrogens with zero attached hydrogens (tertiary/aromatic N) is 1. The zero-order chi connectivity index (χ0) is 13.0. The van der Waals surface area contributed by atoms with Crippen molar-refractivity contribution in [2.75, 3.05) is 6.54 Å². The van der Waals surface area contributed by atoms with Crippen LogP contribution >= 0.6 is 22.9 Å². The Hall–Kier alpha value is -0.970. The monoisotopic (exact) mass is 284 g/mol. The van der Waals surface area contributed by atoms with E-state index in [2.05, 4.69) is 10.3 Å².